The van der Waals surface area contributed by atoms with Gasteiger partial charge < -0.3 is 10.2 Å². The molecule has 1 N–H and O–H groups in total. The van der Waals surface area contributed by atoms with Gasteiger partial charge in [0.15, 0.2) is 0 Å². The second kappa shape index (κ2) is 6.46. The van der Waals surface area contributed by atoms with Crippen LogP contribution in [0.5, 0.6) is 0 Å². The van der Waals surface area contributed by atoms with E-state index in [2.05, 4.69) is 43.1 Å². The summed E-state index contributed by atoms with van der Waals surface area (Å²) in [6.45, 7) is 10.6. The summed E-state index contributed by atoms with van der Waals surface area (Å²) in [6.07, 6.45) is 1.29. The van der Waals surface area contributed by atoms with Crippen LogP contribution in [0.4, 0.5) is 0 Å². The number of likely N-dealkylation sites (N-methyl/N-ethyl adjacent to an activating group) is 1. The van der Waals surface area contributed by atoms with Gasteiger partial charge in [-0.3, -0.25) is 4.90 Å². The molecule has 15 heavy (non-hydrogen) atoms. The normalized spacial score (nSPS) is 24.8. The molecule has 1 unspecified atom stereocenters. The molecule has 0 saturated carbocycles. The minimum Gasteiger partial charge on any atom is -0.315 e. The Labute approximate surface area is 94.8 Å². The lowest BCUT2D eigenvalue weighted by atomic mass is 10.1. The fourth-order valence-corrected chi connectivity index (χ4v) is 2.30. The lowest BCUT2D eigenvalue weighted by Crippen LogP contribution is -2.47. The number of hydrogen-bond acceptors (Lipinski definition) is 3. The van der Waals surface area contributed by atoms with Gasteiger partial charge in [-0.1, -0.05) is 13.8 Å². The van der Waals surface area contributed by atoms with Crippen LogP contribution in [0.1, 0.15) is 20.3 Å². The molecule has 90 valence electrons. The molecule has 0 amide bonds. The highest BCUT2D eigenvalue weighted by Crippen LogP contribution is 2.08. The van der Waals surface area contributed by atoms with Gasteiger partial charge in [0.2, 0.25) is 0 Å². The van der Waals surface area contributed by atoms with Crippen molar-refractivity contribution in [2.45, 2.75) is 26.3 Å². The number of nitrogens with one attached hydrogen (secondary N) is 1. The lowest BCUT2D eigenvalue weighted by molar-refractivity contribution is 0.156. The van der Waals surface area contributed by atoms with Crippen molar-refractivity contribution >= 4 is 0 Å². The van der Waals surface area contributed by atoms with Crippen molar-refractivity contribution in [3.8, 4) is 0 Å². The van der Waals surface area contributed by atoms with Crippen LogP contribution in [0.2, 0.25) is 0 Å². The molecule has 0 spiro atoms. The molecule has 1 heterocycles. The Hall–Kier alpha value is -0.120. The average molecular weight is 213 g/mol. The van der Waals surface area contributed by atoms with E-state index < -0.39 is 0 Å². The molecule has 1 rings (SSSR count). The monoisotopic (exact) mass is 213 g/mol. The van der Waals surface area contributed by atoms with Crippen molar-refractivity contribution in [1.29, 1.82) is 0 Å². The predicted octanol–water partition coefficient (Wildman–Crippen LogP) is 0.868. The highest BCUT2D eigenvalue weighted by Gasteiger charge is 2.21. The molecule has 0 aromatic rings. The molecule has 1 atom stereocenters. The first kappa shape index (κ1) is 12.9. The fourth-order valence-electron chi connectivity index (χ4n) is 2.30. The maximum atomic E-state index is 3.54. The van der Waals surface area contributed by atoms with Crippen LogP contribution in [0.3, 0.4) is 0 Å². The summed E-state index contributed by atoms with van der Waals surface area (Å²) in [4.78, 5) is 4.95. The number of rotatable bonds is 4. The molecule has 1 saturated heterocycles. The standard InChI is InChI=1S/C12H27N3/c1-11(2)9-15-7-5-6-13-8-12(15)10-14(3)4/h11-13H,5-10H2,1-4H3. The van der Waals surface area contributed by atoms with E-state index in [1.54, 1.807) is 0 Å². The number of nitrogens with zero attached hydrogens (tertiary/aromatic N) is 2. The first-order valence-electron chi connectivity index (χ1n) is 6.19. The van der Waals surface area contributed by atoms with Crippen molar-refractivity contribution in [2.24, 2.45) is 5.92 Å². The molecule has 0 aromatic carbocycles. The van der Waals surface area contributed by atoms with Crippen LogP contribution in [0, 0.1) is 5.92 Å². The topological polar surface area (TPSA) is 18.5 Å². The van der Waals surface area contributed by atoms with Gasteiger partial charge >= 0.3 is 0 Å². The molecule has 1 fully saturated rings. The highest BCUT2D eigenvalue weighted by atomic mass is 15.2. The SMILES string of the molecule is CC(C)CN1CCCNCC1CN(C)C. The molecule has 0 bridgehead atoms. The molecule has 0 radical (unpaired) electrons. The van der Waals surface area contributed by atoms with Crippen LogP contribution in [0.25, 0.3) is 0 Å². The second-order valence-electron chi connectivity index (χ2n) is 5.36. The first-order valence-corrected chi connectivity index (χ1v) is 6.19. The molecule has 3 heteroatoms. The molecule has 1 aliphatic rings. The van der Waals surface area contributed by atoms with Crippen molar-refractivity contribution in [3.63, 3.8) is 0 Å². The van der Waals surface area contributed by atoms with Gasteiger partial charge in [0.25, 0.3) is 0 Å². The van der Waals surface area contributed by atoms with E-state index >= 15 is 0 Å². The zero-order chi connectivity index (χ0) is 11.3. The third-order valence-corrected chi connectivity index (χ3v) is 2.87. The summed E-state index contributed by atoms with van der Waals surface area (Å²) in [5.74, 6) is 0.771. The van der Waals surface area contributed by atoms with Crippen molar-refractivity contribution in [3.05, 3.63) is 0 Å². The summed E-state index contributed by atoms with van der Waals surface area (Å²) in [5, 5.41) is 3.54. The summed E-state index contributed by atoms with van der Waals surface area (Å²) < 4.78 is 0. The Morgan fingerprint density at radius 2 is 2.13 bits per heavy atom. The number of hydrogen-bond donors (Lipinski definition) is 1. The summed E-state index contributed by atoms with van der Waals surface area (Å²) in [5.41, 5.74) is 0. The van der Waals surface area contributed by atoms with E-state index in [-0.39, 0.29) is 0 Å². The minimum absolute atomic E-state index is 0.685. The van der Waals surface area contributed by atoms with Crippen molar-refractivity contribution in [1.82, 2.24) is 15.1 Å². The Bertz CT molecular complexity index is 150. The Morgan fingerprint density at radius 1 is 1.40 bits per heavy atom. The van der Waals surface area contributed by atoms with Gasteiger partial charge in [0.05, 0.1) is 0 Å². The van der Waals surface area contributed by atoms with E-state index in [1.165, 1.54) is 32.6 Å². The third-order valence-electron chi connectivity index (χ3n) is 2.87. The molecular formula is C12H27N3. The minimum atomic E-state index is 0.685. The van der Waals surface area contributed by atoms with E-state index in [9.17, 15) is 0 Å². The van der Waals surface area contributed by atoms with Crippen molar-refractivity contribution < 1.29 is 0 Å². The zero-order valence-corrected chi connectivity index (χ0v) is 10.8. The van der Waals surface area contributed by atoms with Gasteiger partial charge in [-0.05, 0) is 39.5 Å². The van der Waals surface area contributed by atoms with E-state index in [0.29, 0.717) is 6.04 Å². The highest BCUT2D eigenvalue weighted by molar-refractivity contribution is 4.80. The van der Waals surface area contributed by atoms with E-state index in [0.717, 1.165) is 12.5 Å². The van der Waals surface area contributed by atoms with Crippen molar-refractivity contribution in [2.75, 3.05) is 46.8 Å². The molecule has 3 nitrogen and oxygen atoms in total. The Kier molecular flexibility index (Phi) is 5.58. The van der Waals surface area contributed by atoms with Gasteiger partial charge in [0, 0.05) is 25.7 Å². The summed E-state index contributed by atoms with van der Waals surface area (Å²) in [6, 6.07) is 0.685. The summed E-state index contributed by atoms with van der Waals surface area (Å²) >= 11 is 0. The van der Waals surface area contributed by atoms with E-state index in [4.69, 9.17) is 0 Å². The predicted molar refractivity (Wildman–Crippen MR) is 66.2 cm³/mol. The maximum Gasteiger partial charge on any atom is 0.0347 e. The smallest absolute Gasteiger partial charge is 0.0347 e. The maximum absolute atomic E-state index is 3.54. The van der Waals surface area contributed by atoms with Crippen LogP contribution < -0.4 is 5.32 Å². The summed E-state index contributed by atoms with van der Waals surface area (Å²) in [7, 11) is 4.33. The molecular weight excluding hydrogens is 186 g/mol. The first-order chi connectivity index (χ1) is 7.09. The van der Waals surface area contributed by atoms with Gasteiger partial charge in [-0.25, -0.2) is 0 Å². The molecule has 0 aliphatic carbocycles. The Balaban J connectivity index is 2.50. The van der Waals surface area contributed by atoms with Gasteiger partial charge in [0.1, 0.15) is 0 Å². The van der Waals surface area contributed by atoms with Gasteiger partial charge in [-0.15, -0.1) is 0 Å². The lowest BCUT2D eigenvalue weighted by Gasteiger charge is -2.32. The largest absolute Gasteiger partial charge is 0.315 e. The molecule has 1 aliphatic heterocycles. The van der Waals surface area contributed by atoms with Crippen LogP contribution in [0.15, 0.2) is 0 Å². The van der Waals surface area contributed by atoms with Crippen LogP contribution in [-0.2, 0) is 0 Å². The average Bonchev–Trinajstić information content (AvgIpc) is 2.30. The third kappa shape index (κ3) is 4.96. The second-order valence-corrected chi connectivity index (χ2v) is 5.36. The Morgan fingerprint density at radius 3 is 2.73 bits per heavy atom. The quantitative estimate of drug-likeness (QED) is 0.747. The van der Waals surface area contributed by atoms with E-state index in [1.807, 2.05) is 0 Å². The van der Waals surface area contributed by atoms with Gasteiger partial charge in [-0.2, -0.15) is 0 Å². The fraction of sp³-hybridized carbons (Fsp3) is 1.00. The zero-order valence-electron chi connectivity index (χ0n) is 10.8. The van der Waals surface area contributed by atoms with Crippen LogP contribution in [-0.4, -0.2) is 62.7 Å². The van der Waals surface area contributed by atoms with Crippen LogP contribution >= 0.6 is 0 Å². The molecule has 0 aromatic heterocycles.